The molecule has 0 aliphatic carbocycles. The molecule has 0 saturated carbocycles. The molecule has 0 fully saturated rings. The number of carbonyl (C=O) groups excluding carboxylic acids is 1. The zero-order valence-electron chi connectivity index (χ0n) is 16.9. The lowest BCUT2D eigenvalue weighted by atomic mass is 10.0. The van der Waals surface area contributed by atoms with Crippen LogP contribution in [0.3, 0.4) is 0 Å². The normalized spacial score (nSPS) is 17.0. The van der Waals surface area contributed by atoms with Crippen molar-refractivity contribution in [1.82, 2.24) is 10.6 Å². The van der Waals surface area contributed by atoms with Gasteiger partial charge in [-0.2, -0.15) is 0 Å². The Balaban J connectivity index is 0.00000256. The first-order chi connectivity index (χ1) is 14.2. The van der Waals surface area contributed by atoms with Crippen molar-refractivity contribution >= 4 is 41.5 Å². The van der Waals surface area contributed by atoms with E-state index in [0.717, 1.165) is 41.6 Å². The summed E-state index contributed by atoms with van der Waals surface area (Å²) < 4.78 is 11.8. The van der Waals surface area contributed by atoms with Gasteiger partial charge in [-0.15, -0.1) is 24.0 Å². The van der Waals surface area contributed by atoms with E-state index in [1.165, 1.54) is 5.56 Å². The summed E-state index contributed by atoms with van der Waals surface area (Å²) in [5.41, 5.74) is 3.25. The smallest absolute Gasteiger partial charge is 0.224 e. The molecule has 4 rings (SSSR count). The number of aryl methyl sites for hydroxylation is 1. The summed E-state index contributed by atoms with van der Waals surface area (Å²) >= 11 is 0. The molecule has 0 bridgehead atoms. The molecule has 8 heteroatoms. The van der Waals surface area contributed by atoms with E-state index in [-0.39, 0.29) is 36.0 Å². The number of amides is 1. The molecule has 1 amide bonds. The van der Waals surface area contributed by atoms with Gasteiger partial charge in [-0.1, -0.05) is 18.2 Å². The van der Waals surface area contributed by atoms with E-state index in [4.69, 9.17) is 9.47 Å². The van der Waals surface area contributed by atoms with Crippen LogP contribution in [0.15, 0.2) is 47.5 Å². The van der Waals surface area contributed by atoms with Crippen LogP contribution in [-0.4, -0.2) is 44.7 Å². The number of carbonyl (C=O) groups is 1. The number of guanidine groups is 1. The fourth-order valence-corrected chi connectivity index (χ4v) is 3.59. The summed E-state index contributed by atoms with van der Waals surface area (Å²) in [6.07, 6.45) is 2.29. The topological polar surface area (TPSA) is 84.0 Å². The van der Waals surface area contributed by atoms with E-state index in [2.05, 4.69) is 27.0 Å². The molecular weight excluding hydrogens is 495 g/mol. The minimum Gasteiger partial charge on any atom is -0.492 e. The lowest BCUT2D eigenvalue weighted by Crippen LogP contribution is -2.43. The maximum atomic E-state index is 11.4. The molecule has 0 radical (unpaired) electrons. The number of anilines is 1. The average Bonchev–Trinajstić information content (AvgIpc) is 3.16. The minimum absolute atomic E-state index is 0. The Bertz CT molecular complexity index is 894. The van der Waals surface area contributed by atoms with Crippen molar-refractivity contribution in [3.63, 3.8) is 0 Å². The van der Waals surface area contributed by atoms with Crippen LogP contribution in [0, 0.1) is 0 Å². The summed E-state index contributed by atoms with van der Waals surface area (Å²) in [7, 11) is 1.75. The first-order valence-electron chi connectivity index (χ1n) is 9.96. The van der Waals surface area contributed by atoms with E-state index in [1.807, 2.05) is 36.4 Å². The number of para-hydroxylation sites is 1. The first-order valence-corrected chi connectivity index (χ1v) is 9.96. The number of rotatable bonds is 6. The van der Waals surface area contributed by atoms with Gasteiger partial charge in [-0.05, 0) is 41.8 Å². The monoisotopic (exact) mass is 522 g/mol. The highest BCUT2D eigenvalue weighted by molar-refractivity contribution is 14.0. The van der Waals surface area contributed by atoms with Gasteiger partial charge in [0.25, 0.3) is 0 Å². The Labute approximate surface area is 193 Å². The fourth-order valence-electron chi connectivity index (χ4n) is 3.59. The van der Waals surface area contributed by atoms with Crippen LogP contribution in [0.5, 0.6) is 11.5 Å². The number of ether oxygens (including phenoxy) is 2. The van der Waals surface area contributed by atoms with E-state index in [0.29, 0.717) is 26.1 Å². The zero-order chi connectivity index (χ0) is 20.1. The number of nitrogens with one attached hydrogen (secondary N) is 3. The molecule has 2 aromatic carbocycles. The van der Waals surface area contributed by atoms with Crippen molar-refractivity contribution in [2.24, 2.45) is 4.99 Å². The lowest BCUT2D eigenvalue weighted by Gasteiger charge is -2.18. The summed E-state index contributed by atoms with van der Waals surface area (Å²) in [6, 6.07) is 13.9. The largest absolute Gasteiger partial charge is 0.492 e. The van der Waals surface area contributed by atoms with Crippen molar-refractivity contribution in [1.29, 1.82) is 0 Å². The average molecular weight is 522 g/mol. The summed E-state index contributed by atoms with van der Waals surface area (Å²) in [4.78, 5) is 15.7. The van der Waals surface area contributed by atoms with Crippen molar-refractivity contribution < 1.29 is 14.3 Å². The number of aliphatic imine (C=N–C) groups is 1. The highest BCUT2D eigenvalue weighted by Gasteiger charge is 2.22. The number of halogens is 1. The Morgan fingerprint density at radius 1 is 1.20 bits per heavy atom. The third-order valence-corrected chi connectivity index (χ3v) is 5.07. The van der Waals surface area contributed by atoms with Crippen molar-refractivity contribution in [2.75, 3.05) is 32.1 Å². The Kier molecular flexibility index (Phi) is 7.78. The third-order valence-electron chi connectivity index (χ3n) is 5.07. The van der Waals surface area contributed by atoms with Crippen LogP contribution in [0.25, 0.3) is 0 Å². The second-order valence-electron chi connectivity index (χ2n) is 7.15. The van der Waals surface area contributed by atoms with Gasteiger partial charge in [0.15, 0.2) is 5.96 Å². The predicted molar refractivity (Wildman–Crippen MR) is 128 cm³/mol. The van der Waals surface area contributed by atoms with Gasteiger partial charge < -0.3 is 25.4 Å². The van der Waals surface area contributed by atoms with Gasteiger partial charge in [0.2, 0.25) is 5.91 Å². The molecule has 0 aromatic heterocycles. The Morgan fingerprint density at radius 2 is 2.07 bits per heavy atom. The molecule has 1 unspecified atom stereocenters. The minimum atomic E-state index is 0. The van der Waals surface area contributed by atoms with Crippen LogP contribution in [-0.2, 0) is 17.6 Å². The first kappa shape index (κ1) is 22.2. The highest BCUT2D eigenvalue weighted by Crippen LogP contribution is 2.28. The fraction of sp³-hybridized carbons (Fsp3) is 0.364. The van der Waals surface area contributed by atoms with Gasteiger partial charge in [0.05, 0.1) is 13.1 Å². The van der Waals surface area contributed by atoms with E-state index in [9.17, 15) is 4.79 Å². The van der Waals surface area contributed by atoms with Gasteiger partial charge in [0, 0.05) is 25.6 Å². The van der Waals surface area contributed by atoms with Crippen molar-refractivity contribution in [2.45, 2.75) is 25.4 Å². The summed E-state index contributed by atoms with van der Waals surface area (Å²) in [5, 5.41) is 9.44. The standard InChI is InChI=1S/C22H26N4O3.HI/c1-23-22(25-14-18-13-16-4-2-3-5-20(16)29-18)24-10-11-28-17-7-8-19-15(12-17)6-9-21(27)26-19;/h2-5,7-8,12,18H,6,9-11,13-14H2,1H3,(H,26,27)(H2,23,24,25);1H. The van der Waals surface area contributed by atoms with Crippen LogP contribution >= 0.6 is 24.0 Å². The Hall–Kier alpha value is -2.49. The van der Waals surface area contributed by atoms with Crippen LogP contribution in [0.2, 0.25) is 0 Å². The predicted octanol–water partition coefficient (Wildman–Crippen LogP) is 2.74. The molecule has 2 aliphatic rings. The maximum absolute atomic E-state index is 11.4. The number of benzene rings is 2. The molecule has 7 nitrogen and oxygen atoms in total. The highest BCUT2D eigenvalue weighted by atomic mass is 127. The summed E-state index contributed by atoms with van der Waals surface area (Å²) in [6.45, 7) is 1.82. The lowest BCUT2D eigenvalue weighted by molar-refractivity contribution is -0.116. The maximum Gasteiger partial charge on any atom is 0.224 e. The quantitative estimate of drug-likeness (QED) is 0.235. The van der Waals surface area contributed by atoms with Gasteiger partial charge in [-0.3, -0.25) is 9.79 Å². The van der Waals surface area contributed by atoms with Crippen LogP contribution in [0.1, 0.15) is 17.5 Å². The molecule has 160 valence electrons. The third kappa shape index (κ3) is 5.56. The van der Waals surface area contributed by atoms with E-state index in [1.54, 1.807) is 7.05 Å². The second-order valence-corrected chi connectivity index (χ2v) is 7.15. The number of hydrogen-bond donors (Lipinski definition) is 3. The molecule has 3 N–H and O–H groups in total. The van der Waals surface area contributed by atoms with Crippen LogP contribution < -0.4 is 25.4 Å². The van der Waals surface area contributed by atoms with Gasteiger partial charge >= 0.3 is 0 Å². The van der Waals surface area contributed by atoms with Gasteiger partial charge in [-0.25, -0.2) is 0 Å². The molecule has 1 atom stereocenters. The molecule has 0 saturated heterocycles. The molecule has 2 aromatic rings. The molecule has 0 spiro atoms. The number of hydrogen-bond acceptors (Lipinski definition) is 4. The molecule has 30 heavy (non-hydrogen) atoms. The van der Waals surface area contributed by atoms with Crippen LogP contribution in [0.4, 0.5) is 5.69 Å². The van der Waals surface area contributed by atoms with Crippen molar-refractivity contribution in [3.8, 4) is 11.5 Å². The Morgan fingerprint density at radius 3 is 2.90 bits per heavy atom. The van der Waals surface area contributed by atoms with E-state index >= 15 is 0 Å². The number of nitrogens with zero attached hydrogens (tertiary/aromatic N) is 1. The van der Waals surface area contributed by atoms with Crippen molar-refractivity contribution in [3.05, 3.63) is 53.6 Å². The van der Waals surface area contributed by atoms with Gasteiger partial charge in [0.1, 0.15) is 24.2 Å². The number of fused-ring (bicyclic) bond motifs is 2. The summed E-state index contributed by atoms with van der Waals surface area (Å²) in [5.74, 6) is 2.57. The van der Waals surface area contributed by atoms with E-state index < -0.39 is 0 Å². The zero-order valence-corrected chi connectivity index (χ0v) is 19.3. The SMILES string of the molecule is CN=C(NCCOc1ccc2c(c1)CCC(=O)N2)NCC1Cc2ccccc2O1.I. The molecule has 2 heterocycles. The molecule has 2 aliphatic heterocycles. The molecular formula is C22H27IN4O3. The second kappa shape index (κ2) is 10.5.